The molecule has 3 N–H and O–H groups in total. The molecule has 0 heterocycles. The number of carbonyl (C=O) groups excluding carboxylic acids is 1. The Morgan fingerprint density at radius 3 is 2.62 bits per heavy atom. The lowest BCUT2D eigenvalue weighted by molar-refractivity contribution is -0.140. The molecule has 118 valence electrons. The molecular formula is C14H23N3O4. The highest BCUT2D eigenvalue weighted by molar-refractivity contribution is 5.98. The fraction of sp³-hybridized carbons (Fsp3) is 0.643. The standard InChI is InChI=1S/C14H23N3O4/c1-3-4-7-21-8-5-6-16-10-12(9-15)13(18)17-11(2)14(19)20/h10-11,16H,3-8H2,1-2H3,(H,17,18)(H,19,20)/b12-10-. The Morgan fingerprint density at radius 2 is 2.05 bits per heavy atom. The van der Waals surface area contributed by atoms with Gasteiger partial charge in [0.1, 0.15) is 17.7 Å². The van der Waals surface area contributed by atoms with Crippen LogP contribution in [-0.2, 0) is 14.3 Å². The van der Waals surface area contributed by atoms with E-state index in [0.29, 0.717) is 13.2 Å². The molecule has 0 rings (SSSR count). The van der Waals surface area contributed by atoms with Gasteiger partial charge in [-0.1, -0.05) is 13.3 Å². The van der Waals surface area contributed by atoms with Crippen LogP contribution in [0.4, 0.5) is 0 Å². The number of aliphatic carboxylic acids is 1. The Balaban J connectivity index is 3.98. The molecule has 21 heavy (non-hydrogen) atoms. The number of unbranched alkanes of at least 4 members (excludes halogenated alkanes) is 1. The van der Waals surface area contributed by atoms with Crippen LogP contribution >= 0.6 is 0 Å². The molecule has 1 amide bonds. The number of carbonyl (C=O) groups is 2. The molecule has 0 aromatic heterocycles. The second kappa shape index (κ2) is 11.7. The molecule has 0 bridgehead atoms. The number of rotatable bonds is 11. The van der Waals surface area contributed by atoms with Gasteiger partial charge < -0.3 is 20.5 Å². The van der Waals surface area contributed by atoms with Gasteiger partial charge in [-0.2, -0.15) is 5.26 Å². The molecule has 1 unspecified atom stereocenters. The summed E-state index contributed by atoms with van der Waals surface area (Å²) < 4.78 is 5.36. The van der Waals surface area contributed by atoms with Crippen LogP contribution in [0.15, 0.2) is 11.8 Å². The number of carboxylic acid groups (broad SMARTS) is 1. The lowest BCUT2D eigenvalue weighted by atomic mass is 10.2. The van der Waals surface area contributed by atoms with Crippen molar-refractivity contribution in [1.29, 1.82) is 5.26 Å². The summed E-state index contributed by atoms with van der Waals surface area (Å²) in [5, 5.41) is 22.6. The highest BCUT2D eigenvalue weighted by atomic mass is 16.5. The van der Waals surface area contributed by atoms with Gasteiger partial charge in [0.15, 0.2) is 0 Å². The van der Waals surface area contributed by atoms with Crippen LogP contribution in [0.5, 0.6) is 0 Å². The van der Waals surface area contributed by atoms with Crippen LogP contribution in [0, 0.1) is 11.3 Å². The minimum atomic E-state index is -1.15. The van der Waals surface area contributed by atoms with E-state index in [1.165, 1.54) is 13.1 Å². The second-order valence-electron chi connectivity index (χ2n) is 4.48. The number of hydrogen-bond donors (Lipinski definition) is 3. The first-order valence-corrected chi connectivity index (χ1v) is 6.98. The summed E-state index contributed by atoms with van der Waals surface area (Å²) in [6, 6.07) is 0.687. The molecule has 0 saturated heterocycles. The lowest BCUT2D eigenvalue weighted by Crippen LogP contribution is -2.39. The van der Waals surface area contributed by atoms with Crippen molar-refractivity contribution in [3.05, 3.63) is 11.8 Å². The zero-order valence-electron chi connectivity index (χ0n) is 12.5. The minimum Gasteiger partial charge on any atom is -0.480 e. The zero-order valence-corrected chi connectivity index (χ0v) is 12.5. The Morgan fingerprint density at radius 1 is 1.38 bits per heavy atom. The summed E-state index contributed by atoms with van der Waals surface area (Å²) in [5.41, 5.74) is -0.157. The van der Waals surface area contributed by atoms with Crippen LogP contribution in [0.2, 0.25) is 0 Å². The van der Waals surface area contributed by atoms with Gasteiger partial charge in [-0.25, -0.2) is 0 Å². The Kier molecular flexibility index (Phi) is 10.6. The van der Waals surface area contributed by atoms with Crippen LogP contribution in [0.3, 0.4) is 0 Å². The molecule has 0 saturated carbocycles. The fourth-order valence-electron chi connectivity index (χ4n) is 1.28. The summed E-state index contributed by atoms with van der Waals surface area (Å²) in [6.07, 6.45) is 4.17. The molecule has 0 aromatic carbocycles. The molecule has 0 fully saturated rings. The highest BCUT2D eigenvalue weighted by Gasteiger charge is 2.16. The fourth-order valence-corrected chi connectivity index (χ4v) is 1.28. The van der Waals surface area contributed by atoms with Gasteiger partial charge in [0.25, 0.3) is 5.91 Å². The van der Waals surface area contributed by atoms with Crippen molar-refractivity contribution in [1.82, 2.24) is 10.6 Å². The minimum absolute atomic E-state index is 0.157. The van der Waals surface area contributed by atoms with Crippen molar-refractivity contribution < 1.29 is 19.4 Å². The van der Waals surface area contributed by atoms with Crippen LogP contribution in [-0.4, -0.2) is 42.8 Å². The predicted molar refractivity (Wildman–Crippen MR) is 77.3 cm³/mol. The number of nitrogens with one attached hydrogen (secondary N) is 2. The SMILES string of the molecule is CCCCOCCCN/C=C(/C#N)C(=O)NC(C)C(=O)O. The van der Waals surface area contributed by atoms with E-state index in [4.69, 9.17) is 15.1 Å². The van der Waals surface area contributed by atoms with Crippen LogP contribution in [0.1, 0.15) is 33.1 Å². The summed E-state index contributed by atoms with van der Waals surface area (Å²) in [4.78, 5) is 22.2. The molecule has 0 spiro atoms. The Hall–Kier alpha value is -2.07. The third kappa shape index (κ3) is 9.46. The van der Waals surface area contributed by atoms with Gasteiger partial charge in [0.05, 0.1) is 0 Å². The molecule has 0 aliphatic carbocycles. The van der Waals surface area contributed by atoms with Gasteiger partial charge in [-0.05, 0) is 19.8 Å². The normalized spacial score (nSPS) is 12.3. The van der Waals surface area contributed by atoms with E-state index in [0.717, 1.165) is 25.9 Å². The van der Waals surface area contributed by atoms with E-state index in [1.807, 2.05) is 0 Å². The summed E-state index contributed by atoms with van der Waals surface area (Å²) >= 11 is 0. The summed E-state index contributed by atoms with van der Waals surface area (Å²) in [5.74, 6) is -1.86. The van der Waals surface area contributed by atoms with E-state index in [9.17, 15) is 9.59 Å². The first-order chi connectivity index (χ1) is 10.0. The first-order valence-electron chi connectivity index (χ1n) is 6.98. The van der Waals surface area contributed by atoms with E-state index >= 15 is 0 Å². The van der Waals surface area contributed by atoms with Crippen LogP contribution < -0.4 is 10.6 Å². The van der Waals surface area contributed by atoms with Gasteiger partial charge in [-0.15, -0.1) is 0 Å². The van der Waals surface area contributed by atoms with Crippen molar-refractivity contribution in [2.45, 2.75) is 39.2 Å². The van der Waals surface area contributed by atoms with Crippen molar-refractivity contribution >= 4 is 11.9 Å². The smallest absolute Gasteiger partial charge is 0.325 e. The predicted octanol–water partition coefficient (Wildman–Crippen LogP) is 0.780. The largest absolute Gasteiger partial charge is 0.480 e. The molecule has 0 radical (unpaired) electrons. The maximum atomic E-state index is 11.6. The average molecular weight is 297 g/mol. The monoisotopic (exact) mass is 297 g/mol. The molecule has 7 heteroatoms. The number of hydrogen-bond acceptors (Lipinski definition) is 5. The number of amides is 1. The highest BCUT2D eigenvalue weighted by Crippen LogP contribution is 1.94. The third-order valence-electron chi connectivity index (χ3n) is 2.58. The summed E-state index contributed by atoms with van der Waals surface area (Å²) in [7, 11) is 0. The van der Waals surface area contributed by atoms with Crippen molar-refractivity contribution in [3.8, 4) is 6.07 Å². The Labute approximate surface area is 125 Å². The molecule has 0 aliphatic rings. The number of nitrogens with zero attached hydrogens (tertiary/aromatic N) is 1. The number of nitriles is 1. The first kappa shape index (κ1) is 18.9. The quantitative estimate of drug-likeness (QED) is 0.295. The lowest BCUT2D eigenvalue weighted by Gasteiger charge is -2.08. The van der Waals surface area contributed by atoms with Gasteiger partial charge in [-0.3, -0.25) is 9.59 Å². The molecular weight excluding hydrogens is 274 g/mol. The maximum absolute atomic E-state index is 11.6. The van der Waals surface area contributed by atoms with Gasteiger partial charge >= 0.3 is 5.97 Å². The number of carboxylic acids is 1. The zero-order chi connectivity index (χ0) is 16.1. The maximum Gasteiger partial charge on any atom is 0.325 e. The number of ether oxygens (including phenoxy) is 1. The topological polar surface area (TPSA) is 111 Å². The van der Waals surface area contributed by atoms with Crippen molar-refractivity contribution in [2.75, 3.05) is 19.8 Å². The van der Waals surface area contributed by atoms with E-state index in [1.54, 1.807) is 6.07 Å². The molecule has 1 atom stereocenters. The van der Waals surface area contributed by atoms with Crippen molar-refractivity contribution in [2.24, 2.45) is 0 Å². The Bertz CT molecular complexity index is 402. The molecule has 7 nitrogen and oxygen atoms in total. The van der Waals surface area contributed by atoms with Crippen molar-refractivity contribution in [3.63, 3.8) is 0 Å². The summed E-state index contributed by atoms with van der Waals surface area (Å²) in [6.45, 7) is 5.35. The molecule has 0 aliphatic heterocycles. The van der Waals surface area contributed by atoms with E-state index in [2.05, 4.69) is 17.6 Å². The third-order valence-corrected chi connectivity index (χ3v) is 2.58. The average Bonchev–Trinajstić information content (AvgIpc) is 2.45. The van der Waals surface area contributed by atoms with Gasteiger partial charge in [0.2, 0.25) is 0 Å². The molecule has 0 aromatic rings. The van der Waals surface area contributed by atoms with E-state index in [-0.39, 0.29) is 5.57 Å². The van der Waals surface area contributed by atoms with Crippen LogP contribution in [0.25, 0.3) is 0 Å². The van der Waals surface area contributed by atoms with E-state index < -0.39 is 17.9 Å². The second-order valence-corrected chi connectivity index (χ2v) is 4.48. The van der Waals surface area contributed by atoms with Gasteiger partial charge in [0, 0.05) is 26.0 Å².